The lowest BCUT2D eigenvalue weighted by Gasteiger charge is -2.37. The fourth-order valence-corrected chi connectivity index (χ4v) is 2.43. The van der Waals surface area contributed by atoms with Crippen molar-refractivity contribution in [3.63, 3.8) is 0 Å². The number of hydrogen-bond donors (Lipinski definition) is 1. The third kappa shape index (κ3) is 2.38. The Hall–Kier alpha value is -1.65. The molecule has 0 radical (unpaired) electrons. The van der Waals surface area contributed by atoms with Crippen LogP contribution in [0, 0.1) is 5.92 Å². The van der Waals surface area contributed by atoms with Crippen molar-refractivity contribution in [2.45, 2.75) is 32.7 Å². The molecule has 17 heavy (non-hydrogen) atoms. The van der Waals surface area contributed by atoms with Gasteiger partial charge >= 0.3 is 5.97 Å². The van der Waals surface area contributed by atoms with E-state index < -0.39 is 5.97 Å². The van der Waals surface area contributed by atoms with Gasteiger partial charge in [-0.05, 0) is 31.7 Å². The zero-order valence-electron chi connectivity index (χ0n) is 10.1. The van der Waals surface area contributed by atoms with E-state index in [0.717, 1.165) is 19.4 Å². The summed E-state index contributed by atoms with van der Waals surface area (Å²) >= 11 is 0. The second-order valence-corrected chi connectivity index (χ2v) is 4.75. The Morgan fingerprint density at radius 3 is 2.94 bits per heavy atom. The number of hydrogen-bond acceptors (Lipinski definition) is 4. The second-order valence-electron chi connectivity index (χ2n) is 4.75. The molecule has 0 aromatic carbocycles. The van der Waals surface area contributed by atoms with E-state index in [1.165, 1.54) is 12.3 Å². The van der Waals surface area contributed by atoms with Crippen molar-refractivity contribution in [3.05, 3.63) is 17.8 Å². The molecule has 0 amide bonds. The molecule has 1 fully saturated rings. The Kier molecular flexibility index (Phi) is 3.26. The van der Waals surface area contributed by atoms with Crippen molar-refractivity contribution in [2.24, 2.45) is 5.92 Å². The summed E-state index contributed by atoms with van der Waals surface area (Å²) < 4.78 is 0. The molecule has 92 valence electrons. The number of rotatable bonds is 2. The van der Waals surface area contributed by atoms with Gasteiger partial charge in [-0.25, -0.2) is 4.79 Å². The number of aromatic carboxylic acids is 1. The Balaban J connectivity index is 2.30. The van der Waals surface area contributed by atoms with Gasteiger partial charge in [-0.1, -0.05) is 6.92 Å². The quantitative estimate of drug-likeness (QED) is 0.846. The Morgan fingerprint density at radius 1 is 1.53 bits per heavy atom. The molecule has 5 heteroatoms. The van der Waals surface area contributed by atoms with Gasteiger partial charge in [0, 0.05) is 12.6 Å². The lowest BCUT2D eigenvalue weighted by molar-refractivity contribution is 0.0696. The lowest BCUT2D eigenvalue weighted by Crippen LogP contribution is -2.41. The van der Waals surface area contributed by atoms with E-state index in [-0.39, 0.29) is 5.56 Å². The molecule has 1 N–H and O–H groups in total. The Morgan fingerprint density at radius 2 is 2.29 bits per heavy atom. The van der Waals surface area contributed by atoms with Gasteiger partial charge in [0.2, 0.25) is 0 Å². The molecule has 2 heterocycles. The summed E-state index contributed by atoms with van der Waals surface area (Å²) in [4.78, 5) is 13.2. The van der Waals surface area contributed by atoms with Crippen LogP contribution in [0.25, 0.3) is 0 Å². The molecule has 2 atom stereocenters. The zero-order chi connectivity index (χ0) is 12.4. The molecule has 0 saturated carbocycles. The number of nitrogens with zero attached hydrogens (tertiary/aromatic N) is 3. The molecule has 2 unspecified atom stereocenters. The maximum Gasteiger partial charge on any atom is 0.339 e. The van der Waals surface area contributed by atoms with E-state index in [2.05, 4.69) is 28.9 Å². The maximum absolute atomic E-state index is 11.1. The largest absolute Gasteiger partial charge is 0.478 e. The highest BCUT2D eigenvalue weighted by Gasteiger charge is 2.27. The molecule has 5 nitrogen and oxygen atoms in total. The number of aromatic nitrogens is 2. The fourth-order valence-electron chi connectivity index (χ4n) is 2.43. The van der Waals surface area contributed by atoms with Crippen LogP contribution in [-0.2, 0) is 0 Å². The van der Waals surface area contributed by atoms with E-state index in [9.17, 15) is 4.79 Å². The first-order valence-electron chi connectivity index (χ1n) is 5.91. The van der Waals surface area contributed by atoms with E-state index >= 15 is 0 Å². The molecule has 1 aromatic rings. The minimum atomic E-state index is -0.944. The minimum Gasteiger partial charge on any atom is -0.478 e. The highest BCUT2D eigenvalue weighted by atomic mass is 16.4. The van der Waals surface area contributed by atoms with Crippen LogP contribution in [0.15, 0.2) is 12.3 Å². The molecule has 0 spiro atoms. The molecular weight excluding hydrogens is 218 g/mol. The van der Waals surface area contributed by atoms with Crippen molar-refractivity contribution in [2.75, 3.05) is 11.4 Å². The van der Waals surface area contributed by atoms with Gasteiger partial charge in [-0.2, -0.15) is 5.10 Å². The van der Waals surface area contributed by atoms with E-state index in [4.69, 9.17) is 5.11 Å². The first-order valence-corrected chi connectivity index (χ1v) is 5.91. The lowest BCUT2D eigenvalue weighted by atomic mass is 9.93. The standard InChI is InChI=1S/C12H17N3O2/c1-8-4-6-15(9(2)7-8)11-10(12(16)17)3-5-13-14-11/h3,5,8-9H,4,6-7H2,1-2H3,(H,16,17). The predicted molar refractivity (Wildman–Crippen MR) is 64.2 cm³/mol. The van der Waals surface area contributed by atoms with Crippen LogP contribution < -0.4 is 4.90 Å². The van der Waals surface area contributed by atoms with Crippen molar-refractivity contribution < 1.29 is 9.90 Å². The number of carboxylic acids is 1. The van der Waals surface area contributed by atoms with Gasteiger partial charge in [0.15, 0.2) is 5.82 Å². The van der Waals surface area contributed by atoms with Gasteiger partial charge < -0.3 is 10.0 Å². The van der Waals surface area contributed by atoms with Crippen LogP contribution in [0.5, 0.6) is 0 Å². The number of piperidine rings is 1. The third-order valence-corrected chi connectivity index (χ3v) is 3.34. The van der Waals surface area contributed by atoms with Crippen LogP contribution >= 0.6 is 0 Å². The smallest absolute Gasteiger partial charge is 0.339 e. The molecule has 0 aliphatic carbocycles. The van der Waals surface area contributed by atoms with Gasteiger partial charge in [-0.15, -0.1) is 5.10 Å². The third-order valence-electron chi connectivity index (χ3n) is 3.34. The SMILES string of the molecule is CC1CCN(c2nnccc2C(=O)O)C(C)C1. The van der Waals surface area contributed by atoms with Crippen LogP contribution in [0.4, 0.5) is 5.82 Å². The number of carbonyl (C=O) groups is 1. The van der Waals surface area contributed by atoms with E-state index in [1.54, 1.807) is 0 Å². The summed E-state index contributed by atoms with van der Waals surface area (Å²) in [6.07, 6.45) is 3.56. The summed E-state index contributed by atoms with van der Waals surface area (Å²) in [6.45, 7) is 5.18. The average Bonchev–Trinajstić information content (AvgIpc) is 2.29. The Bertz CT molecular complexity index is 422. The summed E-state index contributed by atoms with van der Waals surface area (Å²) in [6, 6.07) is 1.82. The first-order chi connectivity index (χ1) is 8.09. The maximum atomic E-state index is 11.1. The van der Waals surface area contributed by atoms with E-state index in [0.29, 0.717) is 17.8 Å². The molecular formula is C12H17N3O2. The van der Waals surface area contributed by atoms with Crippen LogP contribution in [0.3, 0.4) is 0 Å². The molecule has 1 aliphatic rings. The molecule has 1 saturated heterocycles. The first kappa shape index (κ1) is 11.8. The van der Waals surface area contributed by atoms with Gasteiger partial charge in [0.25, 0.3) is 0 Å². The highest BCUT2D eigenvalue weighted by Crippen LogP contribution is 2.28. The monoisotopic (exact) mass is 235 g/mol. The van der Waals surface area contributed by atoms with Crippen LogP contribution in [-0.4, -0.2) is 33.9 Å². The Labute approximate surface area is 100 Å². The van der Waals surface area contributed by atoms with Gasteiger partial charge in [0.1, 0.15) is 5.56 Å². The van der Waals surface area contributed by atoms with Crippen molar-refractivity contribution in [3.8, 4) is 0 Å². The van der Waals surface area contributed by atoms with Crippen molar-refractivity contribution in [1.29, 1.82) is 0 Å². The van der Waals surface area contributed by atoms with Crippen molar-refractivity contribution in [1.82, 2.24) is 10.2 Å². The summed E-state index contributed by atoms with van der Waals surface area (Å²) in [5.74, 6) is 0.242. The average molecular weight is 235 g/mol. The molecule has 1 aliphatic heterocycles. The topological polar surface area (TPSA) is 66.3 Å². The van der Waals surface area contributed by atoms with E-state index in [1.807, 2.05) is 0 Å². The van der Waals surface area contributed by atoms with Gasteiger partial charge in [0.05, 0.1) is 6.20 Å². The summed E-state index contributed by atoms with van der Waals surface area (Å²) in [5.41, 5.74) is 0.237. The predicted octanol–water partition coefficient (Wildman–Crippen LogP) is 1.80. The normalized spacial score (nSPS) is 24.7. The number of carboxylic acid groups (broad SMARTS) is 1. The summed E-state index contributed by atoms with van der Waals surface area (Å²) in [7, 11) is 0. The van der Waals surface area contributed by atoms with Crippen LogP contribution in [0.2, 0.25) is 0 Å². The van der Waals surface area contributed by atoms with Crippen molar-refractivity contribution >= 4 is 11.8 Å². The zero-order valence-corrected chi connectivity index (χ0v) is 10.1. The summed E-state index contributed by atoms with van der Waals surface area (Å²) in [5, 5.41) is 16.9. The fraction of sp³-hybridized carbons (Fsp3) is 0.583. The molecule has 1 aromatic heterocycles. The second kappa shape index (κ2) is 4.69. The number of anilines is 1. The minimum absolute atomic E-state index is 0.237. The van der Waals surface area contributed by atoms with Gasteiger partial charge in [-0.3, -0.25) is 0 Å². The molecule has 0 bridgehead atoms. The highest BCUT2D eigenvalue weighted by molar-refractivity contribution is 5.93. The molecule has 2 rings (SSSR count). The van der Waals surface area contributed by atoms with Crippen LogP contribution in [0.1, 0.15) is 37.0 Å².